The molecule has 0 heterocycles. The minimum atomic E-state index is 0.695. The third kappa shape index (κ3) is 2.33. The summed E-state index contributed by atoms with van der Waals surface area (Å²) in [5, 5.41) is 9.54. The van der Waals surface area contributed by atoms with Crippen LogP contribution in [0.2, 0.25) is 0 Å². The number of nitriles is 1. The van der Waals surface area contributed by atoms with Gasteiger partial charge in [0.05, 0.1) is 11.6 Å². The molecule has 0 aromatic heterocycles. The summed E-state index contributed by atoms with van der Waals surface area (Å²) in [7, 11) is 0. The Balaban J connectivity index is 2.97. The molecule has 0 saturated carbocycles. The smallest absolute Gasteiger partial charge is 0.0992 e. The van der Waals surface area contributed by atoms with E-state index in [9.17, 15) is 0 Å². The van der Waals surface area contributed by atoms with Crippen LogP contribution >= 0.6 is 31.9 Å². The monoisotopic (exact) mass is 287 g/mol. The first-order chi connectivity index (χ1) is 5.77. The molecular weight excluding hydrogens is 282 g/mol. The summed E-state index contributed by atoms with van der Waals surface area (Å²) in [6.45, 7) is 0. The number of hydrogen-bond donors (Lipinski definition) is 0. The summed E-state index contributed by atoms with van der Waals surface area (Å²) in [4.78, 5) is 0. The van der Waals surface area contributed by atoms with E-state index < -0.39 is 0 Å². The third-order valence-corrected chi connectivity index (χ3v) is 2.68. The van der Waals surface area contributed by atoms with Crippen molar-refractivity contribution in [3.63, 3.8) is 0 Å². The van der Waals surface area contributed by atoms with Gasteiger partial charge in [-0.2, -0.15) is 5.26 Å². The normalized spacial score (nSPS) is 9.42. The van der Waals surface area contributed by atoms with Crippen LogP contribution in [0.3, 0.4) is 0 Å². The van der Waals surface area contributed by atoms with E-state index in [1.807, 2.05) is 18.2 Å². The molecule has 0 atom stereocenters. The highest BCUT2D eigenvalue weighted by Crippen LogP contribution is 2.19. The van der Waals surface area contributed by atoms with Crippen LogP contribution in [0.15, 0.2) is 22.7 Å². The molecule has 0 spiro atoms. The molecule has 0 amide bonds. The van der Waals surface area contributed by atoms with Gasteiger partial charge in [0.15, 0.2) is 0 Å². The zero-order valence-electron chi connectivity index (χ0n) is 6.35. The average Bonchev–Trinajstić information content (AvgIpc) is 2.09. The Bertz CT molecular complexity index is 315. The van der Waals surface area contributed by atoms with Gasteiger partial charge in [0, 0.05) is 9.80 Å². The van der Waals surface area contributed by atoms with E-state index in [1.54, 1.807) is 0 Å². The van der Waals surface area contributed by atoms with Gasteiger partial charge in [0.2, 0.25) is 0 Å². The van der Waals surface area contributed by atoms with E-state index >= 15 is 0 Å². The van der Waals surface area contributed by atoms with Gasteiger partial charge in [-0.05, 0) is 24.1 Å². The maximum atomic E-state index is 8.60. The second-order valence-electron chi connectivity index (χ2n) is 2.36. The lowest BCUT2D eigenvalue weighted by molar-refractivity contribution is 1.15. The first-order valence-electron chi connectivity index (χ1n) is 3.52. The molecule has 0 radical (unpaired) electrons. The predicted molar refractivity (Wildman–Crippen MR) is 56.4 cm³/mol. The Morgan fingerprint density at radius 3 is 2.67 bits per heavy atom. The van der Waals surface area contributed by atoms with Crippen molar-refractivity contribution >= 4 is 31.9 Å². The maximum absolute atomic E-state index is 8.60. The summed E-state index contributed by atoms with van der Waals surface area (Å²) in [6, 6.07) is 7.75. The average molecular weight is 289 g/mol. The number of halogens is 2. The fraction of sp³-hybridized carbons (Fsp3) is 0.222. The van der Waals surface area contributed by atoms with Crippen molar-refractivity contribution in [2.75, 3.05) is 5.33 Å². The molecule has 0 aliphatic rings. The number of rotatable bonds is 2. The molecule has 62 valence electrons. The lowest BCUT2D eigenvalue weighted by Gasteiger charge is -2.01. The van der Waals surface area contributed by atoms with Crippen molar-refractivity contribution < 1.29 is 0 Å². The first kappa shape index (κ1) is 9.76. The molecule has 1 nitrogen and oxygen atoms in total. The summed E-state index contributed by atoms with van der Waals surface area (Å²) < 4.78 is 1.01. The summed E-state index contributed by atoms with van der Waals surface area (Å²) >= 11 is 6.79. The van der Waals surface area contributed by atoms with Crippen LogP contribution in [-0.2, 0) is 6.42 Å². The highest BCUT2D eigenvalue weighted by molar-refractivity contribution is 9.10. The van der Waals surface area contributed by atoms with Crippen molar-refractivity contribution in [3.8, 4) is 6.07 Å². The summed E-state index contributed by atoms with van der Waals surface area (Å²) in [6.07, 6.45) is 0.978. The van der Waals surface area contributed by atoms with E-state index in [0.29, 0.717) is 5.56 Å². The van der Waals surface area contributed by atoms with Crippen LogP contribution in [0.5, 0.6) is 0 Å². The van der Waals surface area contributed by atoms with Gasteiger partial charge in [0.25, 0.3) is 0 Å². The second-order valence-corrected chi connectivity index (χ2v) is 4.00. The number of alkyl halides is 1. The van der Waals surface area contributed by atoms with Gasteiger partial charge in [-0.1, -0.05) is 37.9 Å². The van der Waals surface area contributed by atoms with E-state index in [4.69, 9.17) is 5.26 Å². The van der Waals surface area contributed by atoms with Crippen LogP contribution < -0.4 is 0 Å². The molecule has 0 fully saturated rings. The van der Waals surface area contributed by atoms with Crippen LogP contribution in [0, 0.1) is 11.3 Å². The minimum Gasteiger partial charge on any atom is -0.192 e. The van der Waals surface area contributed by atoms with Gasteiger partial charge >= 0.3 is 0 Å². The summed E-state index contributed by atoms with van der Waals surface area (Å²) in [5.41, 5.74) is 1.92. The van der Waals surface area contributed by atoms with Crippen molar-refractivity contribution in [2.45, 2.75) is 6.42 Å². The van der Waals surface area contributed by atoms with Gasteiger partial charge < -0.3 is 0 Å². The van der Waals surface area contributed by atoms with Crippen molar-refractivity contribution in [1.29, 1.82) is 5.26 Å². The van der Waals surface area contributed by atoms with Gasteiger partial charge in [0.1, 0.15) is 0 Å². The Hall–Kier alpha value is -0.330. The molecule has 0 unspecified atom stereocenters. The maximum Gasteiger partial charge on any atom is 0.0992 e. The fourth-order valence-electron chi connectivity index (χ4n) is 0.921. The number of benzene rings is 1. The second kappa shape index (κ2) is 4.64. The van der Waals surface area contributed by atoms with Gasteiger partial charge in [-0.15, -0.1) is 0 Å². The van der Waals surface area contributed by atoms with E-state index in [2.05, 4.69) is 37.9 Å². The van der Waals surface area contributed by atoms with Crippen molar-refractivity contribution in [3.05, 3.63) is 33.8 Å². The molecular formula is C9H7Br2N. The highest BCUT2D eigenvalue weighted by Gasteiger charge is 1.99. The van der Waals surface area contributed by atoms with Crippen molar-refractivity contribution in [2.24, 2.45) is 0 Å². The molecule has 1 rings (SSSR count). The highest BCUT2D eigenvalue weighted by atomic mass is 79.9. The van der Waals surface area contributed by atoms with E-state index in [-0.39, 0.29) is 0 Å². The topological polar surface area (TPSA) is 23.8 Å². The molecule has 0 saturated heterocycles. The first-order valence-corrected chi connectivity index (χ1v) is 5.44. The SMILES string of the molecule is N#Cc1ccc(CCBr)c(Br)c1. The van der Waals surface area contributed by atoms with Crippen LogP contribution in [0.25, 0.3) is 0 Å². The van der Waals surface area contributed by atoms with Gasteiger partial charge in [-0.25, -0.2) is 0 Å². The standard InChI is InChI=1S/C9H7Br2N/c10-4-3-8-2-1-7(6-12)5-9(8)11/h1-2,5H,3-4H2. The Labute approximate surface area is 88.7 Å². The number of hydrogen-bond acceptors (Lipinski definition) is 1. The summed E-state index contributed by atoms with van der Waals surface area (Å²) in [5.74, 6) is 0. The molecule has 12 heavy (non-hydrogen) atoms. The van der Waals surface area contributed by atoms with Crippen LogP contribution in [0.4, 0.5) is 0 Å². The zero-order valence-corrected chi connectivity index (χ0v) is 9.52. The molecule has 0 N–H and O–H groups in total. The molecule has 1 aromatic rings. The molecule has 0 aliphatic carbocycles. The quantitative estimate of drug-likeness (QED) is 0.767. The van der Waals surface area contributed by atoms with Crippen LogP contribution in [-0.4, -0.2) is 5.33 Å². The molecule has 0 aliphatic heterocycles. The predicted octanol–water partition coefficient (Wildman–Crippen LogP) is 3.26. The Morgan fingerprint density at radius 2 is 2.17 bits per heavy atom. The number of aryl methyl sites for hydroxylation is 1. The fourth-order valence-corrected chi connectivity index (χ4v) is 1.93. The zero-order chi connectivity index (χ0) is 8.97. The minimum absolute atomic E-state index is 0.695. The Morgan fingerprint density at radius 1 is 1.42 bits per heavy atom. The Kier molecular flexibility index (Phi) is 3.77. The van der Waals surface area contributed by atoms with Crippen molar-refractivity contribution in [1.82, 2.24) is 0 Å². The molecule has 3 heteroatoms. The number of nitrogens with zero attached hydrogens (tertiary/aromatic N) is 1. The lowest BCUT2D eigenvalue weighted by Crippen LogP contribution is -1.88. The third-order valence-electron chi connectivity index (χ3n) is 1.55. The molecule has 0 bridgehead atoms. The van der Waals surface area contributed by atoms with E-state index in [0.717, 1.165) is 16.2 Å². The van der Waals surface area contributed by atoms with Gasteiger partial charge in [-0.3, -0.25) is 0 Å². The van der Waals surface area contributed by atoms with E-state index in [1.165, 1.54) is 5.56 Å². The van der Waals surface area contributed by atoms with Crippen LogP contribution in [0.1, 0.15) is 11.1 Å². The molecule has 1 aromatic carbocycles. The largest absolute Gasteiger partial charge is 0.192 e. The lowest BCUT2D eigenvalue weighted by atomic mass is 10.1.